The van der Waals surface area contributed by atoms with Gasteiger partial charge in [0.2, 0.25) is 5.91 Å². The first-order valence-corrected chi connectivity index (χ1v) is 8.76. The van der Waals surface area contributed by atoms with Crippen LogP contribution in [0.15, 0.2) is 35.2 Å². The van der Waals surface area contributed by atoms with Crippen molar-refractivity contribution in [3.63, 3.8) is 0 Å². The van der Waals surface area contributed by atoms with Crippen molar-refractivity contribution >= 4 is 27.3 Å². The molecule has 0 fully saturated rings. The summed E-state index contributed by atoms with van der Waals surface area (Å²) in [5, 5.41) is 2.48. The van der Waals surface area contributed by atoms with E-state index in [0.717, 1.165) is 17.7 Å². The molecule has 24 heavy (non-hydrogen) atoms. The molecular weight excluding hydrogens is 331 g/mol. The van der Waals surface area contributed by atoms with Gasteiger partial charge in [0.15, 0.2) is 0 Å². The minimum atomic E-state index is -3.93. The van der Waals surface area contributed by atoms with Crippen molar-refractivity contribution in [1.29, 1.82) is 0 Å². The molecule has 0 heterocycles. The first kappa shape index (κ1) is 17.9. The SMILES string of the molecule is CC(=O)Nc1ccc(F)cc1NS(=O)(=O)c1c(C)cc(C)cc1C. The average molecular weight is 350 g/mol. The van der Waals surface area contributed by atoms with E-state index in [-0.39, 0.29) is 22.2 Å². The number of aryl methyl sites for hydroxylation is 3. The van der Waals surface area contributed by atoms with Crippen LogP contribution in [-0.2, 0) is 14.8 Å². The summed E-state index contributed by atoms with van der Waals surface area (Å²) >= 11 is 0. The molecule has 1 amide bonds. The van der Waals surface area contributed by atoms with Crippen LogP contribution in [0, 0.1) is 26.6 Å². The van der Waals surface area contributed by atoms with Gasteiger partial charge in [-0.05, 0) is 44.0 Å². The van der Waals surface area contributed by atoms with Crippen LogP contribution < -0.4 is 10.0 Å². The van der Waals surface area contributed by atoms with E-state index in [1.54, 1.807) is 26.0 Å². The van der Waals surface area contributed by atoms with Gasteiger partial charge in [-0.1, -0.05) is 17.7 Å². The van der Waals surface area contributed by atoms with E-state index in [1.165, 1.54) is 13.0 Å². The lowest BCUT2D eigenvalue weighted by atomic mass is 10.1. The van der Waals surface area contributed by atoms with Gasteiger partial charge in [0.1, 0.15) is 5.82 Å². The van der Waals surface area contributed by atoms with Gasteiger partial charge >= 0.3 is 0 Å². The zero-order valence-electron chi connectivity index (χ0n) is 13.9. The minimum Gasteiger partial charge on any atom is -0.325 e. The second-order valence-electron chi connectivity index (χ2n) is 5.70. The van der Waals surface area contributed by atoms with Crippen molar-refractivity contribution < 1.29 is 17.6 Å². The van der Waals surface area contributed by atoms with Crippen LogP contribution in [0.5, 0.6) is 0 Å². The van der Waals surface area contributed by atoms with Gasteiger partial charge in [0.25, 0.3) is 10.0 Å². The number of hydrogen-bond acceptors (Lipinski definition) is 3. The highest BCUT2D eigenvalue weighted by Crippen LogP contribution is 2.28. The van der Waals surface area contributed by atoms with Crippen LogP contribution in [-0.4, -0.2) is 14.3 Å². The molecule has 0 aliphatic heterocycles. The van der Waals surface area contributed by atoms with Gasteiger partial charge in [-0.25, -0.2) is 12.8 Å². The molecule has 2 aromatic rings. The summed E-state index contributed by atoms with van der Waals surface area (Å²) in [5.74, 6) is -0.996. The molecule has 5 nitrogen and oxygen atoms in total. The fourth-order valence-electron chi connectivity index (χ4n) is 2.69. The van der Waals surface area contributed by atoms with E-state index in [4.69, 9.17) is 0 Å². The van der Waals surface area contributed by atoms with Crippen molar-refractivity contribution in [2.24, 2.45) is 0 Å². The molecule has 0 saturated carbocycles. The third-order valence-corrected chi connectivity index (χ3v) is 5.08. The topological polar surface area (TPSA) is 75.3 Å². The number of nitrogens with one attached hydrogen (secondary N) is 2. The maximum Gasteiger partial charge on any atom is 0.262 e. The number of anilines is 2. The molecule has 0 atom stereocenters. The molecule has 2 N–H and O–H groups in total. The summed E-state index contributed by atoms with van der Waals surface area (Å²) < 4.78 is 41.4. The Balaban J connectivity index is 2.51. The Bertz CT molecular complexity index is 885. The molecule has 2 rings (SSSR count). The van der Waals surface area contributed by atoms with Gasteiger partial charge in [-0.3, -0.25) is 9.52 Å². The van der Waals surface area contributed by atoms with E-state index < -0.39 is 15.8 Å². The lowest BCUT2D eigenvalue weighted by Crippen LogP contribution is -2.18. The Labute approximate surface area is 141 Å². The monoisotopic (exact) mass is 350 g/mol. The van der Waals surface area contributed by atoms with E-state index in [1.807, 2.05) is 6.92 Å². The molecule has 0 radical (unpaired) electrons. The maximum atomic E-state index is 13.5. The average Bonchev–Trinajstić information content (AvgIpc) is 2.39. The van der Waals surface area contributed by atoms with Gasteiger partial charge < -0.3 is 5.32 Å². The molecule has 2 aromatic carbocycles. The van der Waals surface area contributed by atoms with Crippen LogP contribution in [0.1, 0.15) is 23.6 Å². The van der Waals surface area contributed by atoms with E-state index in [9.17, 15) is 17.6 Å². The fraction of sp³-hybridized carbons (Fsp3) is 0.235. The van der Waals surface area contributed by atoms with Gasteiger partial charge in [0, 0.05) is 13.0 Å². The smallest absolute Gasteiger partial charge is 0.262 e. The molecule has 128 valence electrons. The Hall–Kier alpha value is -2.41. The quantitative estimate of drug-likeness (QED) is 0.886. The summed E-state index contributed by atoms with van der Waals surface area (Å²) in [6.45, 7) is 6.57. The number of carbonyl (C=O) groups is 1. The Morgan fingerprint density at radius 3 is 2.12 bits per heavy atom. The summed E-state index contributed by atoms with van der Waals surface area (Å²) in [5.41, 5.74) is 2.31. The lowest BCUT2D eigenvalue weighted by molar-refractivity contribution is -0.114. The largest absolute Gasteiger partial charge is 0.325 e. The van der Waals surface area contributed by atoms with Gasteiger partial charge in [-0.15, -0.1) is 0 Å². The van der Waals surface area contributed by atoms with Crippen molar-refractivity contribution in [3.8, 4) is 0 Å². The standard InChI is InChI=1S/C17H19FN2O3S/c1-10-7-11(2)17(12(3)8-10)24(22,23)20-16-9-14(18)5-6-15(16)19-13(4)21/h5-9,20H,1-4H3,(H,19,21). The van der Waals surface area contributed by atoms with Crippen LogP contribution in [0.25, 0.3) is 0 Å². The zero-order chi connectivity index (χ0) is 18.1. The molecule has 7 heteroatoms. The van der Waals surface area contributed by atoms with Gasteiger partial charge in [-0.2, -0.15) is 0 Å². The third-order valence-electron chi connectivity index (χ3n) is 3.41. The number of halogens is 1. The number of benzene rings is 2. The summed E-state index contributed by atoms with van der Waals surface area (Å²) in [4.78, 5) is 11.4. The second-order valence-corrected chi connectivity index (χ2v) is 7.32. The summed E-state index contributed by atoms with van der Waals surface area (Å²) in [7, 11) is -3.93. The van der Waals surface area contributed by atoms with Crippen molar-refractivity contribution in [2.45, 2.75) is 32.6 Å². The number of carbonyl (C=O) groups excluding carboxylic acids is 1. The van der Waals surface area contributed by atoms with E-state index >= 15 is 0 Å². The van der Waals surface area contributed by atoms with Crippen LogP contribution in [0.3, 0.4) is 0 Å². The normalized spacial score (nSPS) is 11.2. The first-order valence-electron chi connectivity index (χ1n) is 7.28. The highest BCUT2D eigenvalue weighted by molar-refractivity contribution is 7.92. The fourth-order valence-corrected chi connectivity index (χ4v) is 4.21. The molecular formula is C17H19FN2O3S. The first-order chi connectivity index (χ1) is 11.1. The van der Waals surface area contributed by atoms with E-state index in [0.29, 0.717) is 11.1 Å². The predicted molar refractivity (Wildman–Crippen MR) is 92.2 cm³/mol. The lowest BCUT2D eigenvalue weighted by Gasteiger charge is -2.16. The predicted octanol–water partition coefficient (Wildman–Crippen LogP) is 3.51. The highest BCUT2D eigenvalue weighted by atomic mass is 32.2. The van der Waals surface area contributed by atoms with E-state index in [2.05, 4.69) is 10.0 Å². The zero-order valence-corrected chi connectivity index (χ0v) is 14.7. The Morgan fingerprint density at radius 2 is 1.58 bits per heavy atom. The number of hydrogen-bond donors (Lipinski definition) is 2. The minimum absolute atomic E-state index is 0.0235. The third kappa shape index (κ3) is 3.91. The molecule has 0 unspecified atom stereocenters. The molecule has 0 aliphatic carbocycles. The molecule has 0 aliphatic rings. The van der Waals surface area contributed by atoms with Gasteiger partial charge in [0.05, 0.1) is 16.3 Å². The molecule has 0 bridgehead atoms. The second kappa shape index (κ2) is 6.60. The van der Waals surface area contributed by atoms with Crippen molar-refractivity contribution in [3.05, 3.63) is 52.8 Å². The summed E-state index contributed by atoms with van der Waals surface area (Å²) in [6.07, 6.45) is 0. The number of sulfonamides is 1. The van der Waals surface area contributed by atoms with Crippen molar-refractivity contribution in [2.75, 3.05) is 10.0 Å². The number of rotatable bonds is 4. The molecule has 0 spiro atoms. The maximum absolute atomic E-state index is 13.5. The highest BCUT2D eigenvalue weighted by Gasteiger charge is 2.21. The van der Waals surface area contributed by atoms with Crippen molar-refractivity contribution in [1.82, 2.24) is 0 Å². The van der Waals surface area contributed by atoms with Crippen LogP contribution >= 0.6 is 0 Å². The van der Waals surface area contributed by atoms with Crippen LogP contribution in [0.4, 0.5) is 15.8 Å². The summed E-state index contributed by atoms with van der Waals surface area (Å²) in [6, 6.07) is 7.01. The molecule has 0 aromatic heterocycles. The Morgan fingerprint density at radius 1 is 1.00 bits per heavy atom. The van der Waals surface area contributed by atoms with Crippen LogP contribution in [0.2, 0.25) is 0 Å². The molecule has 0 saturated heterocycles. The Kier molecular flexibility index (Phi) is 4.94. The number of amides is 1.